The maximum Gasteiger partial charge on any atom is 0.222 e. The summed E-state index contributed by atoms with van der Waals surface area (Å²) < 4.78 is 5.43. The van der Waals surface area contributed by atoms with Gasteiger partial charge in [-0.3, -0.25) is 4.79 Å². The molecule has 0 spiro atoms. The predicted octanol–water partition coefficient (Wildman–Crippen LogP) is 3.93. The third-order valence-corrected chi connectivity index (χ3v) is 5.20. The maximum atomic E-state index is 12.3. The number of aromatic nitrogens is 1. The number of nitrogens with zero attached hydrogens (tertiary/aromatic N) is 2. The van der Waals surface area contributed by atoms with Crippen LogP contribution in [0.1, 0.15) is 37.9 Å². The van der Waals surface area contributed by atoms with Crippen LogP contribution in [0.2, 0.25) is 0 Å². The molecule has 1 aliphatic rings. The smallest absolute Gasteiger partial charge is 0.222 e. The molecule has 0 bridgehead atoms. The highest BCUT2D eigenvalue weighted by Crippen LogP contribution is 2.20. The number of nitrogens with one attached hydrogen (secondary N) is 1. The lowest BCUT2D eigenvalue weighted by molar-refractivity contribution is -0.130. The second-order valence-electron chi connectivity index (χ2n) is 7.20. The molecule has 0 unspecified atom stereocenters. The van der Waals surface area contributed by atoms with E-state index in [4.69, 9.17) is 4.52 Å². The van der Waals surface area contributed by atoms with Gasteiger partial charge in [-0.15, -0.1) is 12.4 Å². The summed E-state index contributed by atoms with van der Waals surface area (Å²) in [5.74, 6) is 1.84. The minimum absolute atomic E-state index is 0. The molecular formula is C21H30ClN3O2. The van der Waals surface area contributed by atoms with Gasteiger partial charge in [0.1, 0.15) is 11.5 Å². The van der Waals surface area contributed by atoms with Crippen LogP contribution < -0.4 is 5.32 Å². The number of hydrogen-bond acceptors (Lipinski definition) is 4. The Morgan fingerprint density at radius 3 is 2.74 bits per heavy atom. The average molecular weight is 392 g/mol. The van der Waals surface area contributed by atoms with Gasteiger partial charge in [0.2, 0.25) is 5.91 Å². The molecule has 3 rings (SSSR count). The third kappa shape index (κ3) is 6.67. The van der Waals surface area contributed by atoms with Crippen molar-refractivity contribution in [3.8, 4) is 11.3 Å². The van der Waals surface area contributed by atoms with E-state index in [0.717, 1.165) is 55.9 Å². The number of carbonyl (C=O) groups is 1. The van der Waals surface area contributed by atoms with Crippen LogP contribution in [0, 0.1) is 5.92 Å². The van der Waals surface area contributed by atoms with E-state index in [0.29, 0.717) is 12.3 Å². The van der Waals surface area contributed by atoms with E-state index >= 15 is 0 Å². The van der Waals surface area contributed by atoms with Gasteiger partial charge in [-0.2, -0.15) is 0 Å². The van der Waals surface area contributed by atoms with Crippen LogP contribution in [0.3, 0.4) is 0 Å². The van der Waals surface area contributed by atoms with Gasteiger partial charge in [0, 0.05) is 38.1 Å². The molecular weight excluding hydrogens is 362 g/mol. The summed E-state index contributed by atoms with van der Waals surface area (Å²) in [5, 5.41) is 7.51. The number of halogens is 1. The van der Waals surface area contributed by atoms with E-state index in [1.54, 1.807) is 0 Å². The number of benzene rings is 1. The molecule has 1 amide bonds. The molecule has 0 radical (unpaired) electrons. The van der Waals surface area contributed by atoms with Crippen molar-refractivity contribution in [1.82, 2.24) is 15.4 Å². The maximum absolute atomic E-state index is 12.3. The van der Waals surface area contributed by atoms with Gasteiger partial charge >= 0.3 is 0 Å². The predicted molar refractivity (Wildman–Crippen MR) is 110 cm³/mol. The summed E-state index contributed by atoms with van der Waals surface area (Å²) in [5.41, 5.74) is 1.93. The van der Waals surface area contributed by atoms with Crippen LogP contribution in [0.5, 0.6) is 0 Å². The standard InChI is InChI=1S/C21H29N3O2.ClH/c1-24(21(25)10-9-17-11-13-22-14-12-17)15-5-8-19-16-20(23-26-19)18-6-3-2-4-7-18;/h2-4,6-7,16-17,22H,5,8-15H2,1H3;1H. The van der Waals surface area contributed by atoms with Crippen LogP contribution in [0.4, 0.5) is 0 Å². The number of carbonyl (C=O) groups excluding carboxylic acids is 1. The van der Waals surface area contributed by atoms with Crippen LogP contribution in [0.15, 0.2) is 40.9 Å². The Balaban J connectivity index is 0.00000261. The zero-order valence-electron chi connectivity index (χ0n) is 16.0. The minimum Gasteiger partial charge on any atom is -0.361 e. The number of aryl methyl sites for hydroxylation is 1. The first kappa shape index (κ1) is 21.5. The van der Waals surface area contributed by atoms with E-state index < -0.39 is 0 Å². The number of piperidine rings is 1. The molecule has 0 atom stereocenters. The van der Waals surface area contributed by atoms with E-state index in [1.807, 2.05) is 48.3 Å². The normalized spacial score (nSPS) is 14.6. The van der Waals surface area contributed by atoms with E-state index in [-0.39, 0.29) is 18.3 Å². The molecule has 1 fully saturated rings. The number of amides is 1. The molecule has 27 heavy (non-hydrogen) atoms. The molecule has 0 aliphatic carbocycles. The summed E-state index contributed by atoms with van der Waals surface area (Å²) >= 11 is 0. The fourth-order valence-electron chi connectivity index (χ4n) is 3.48. The van der Waals surface area contributed by atoms with Gasteiger partial charge in [-0.05, 0) is 44.7 Å². The van der Waals surface area contributed by atoms with Gasteiger partial charge in [0.15, 0.2) is 0 Å². The van der Waals surface area contributed by atoms with Crippen molar-refractivity contribution < 1.29 is 9.32 Å². The van der Waals surface area contributed by atoms with Gasteiger partial charge in [0.25, 0.3) is 0 Å². The van der Waals surface area contributed by atoms with E-state index in [2.05, 4.69) is 10.5 Å². The number of hydrogen-bond donors (Lipinski definition) is 1. The first-order chi connectivity index (χ1) is 12.7. The SMILES string of the molecule is CN(CCCc1cc(-c2ccccc2)no1)C(=O)CCC1CCNCC1.Cl. The molecule has 1 N–H and O–H groups in total. The van der Waals surface area contributed by atoms with Gasteiger partial charge < -0.3 is 14.7 Å². The van der Waals surface area contributed by atoms with Crippen molar-refractivity contribution in [2.75, 3.05) is 26.7 Å². The Labute approximate surface area is 167 Å². The molecule has 5 nitrogen and oxygen atoms in total. The van der Waals surface area contributed by atoms with E-state index in [9.17, 15) is 4.79 Å². The second-order valence-corrected chi connectivity index (χ2v) is 7.20. The lowest BCUT2D eigenvalue weighted by atomic mass is 9.93. The van der Waals surface area contributed by atoms with Crippen molar-refractivity contribution in [2.24, 2.45) is 5.92 Å². The van der Waals surface area contributed by atoms with Crippen molar-refractivity contribution in [3.63, 3.8) is 0 Å². The second kappa shape index (κ2) is 11.1. The average Bonchev–Trinajstić information content (AvgIpc) is 3.16. The molecule has 1 aromatic heterocycles. The van der Waals surface area contributed by atoms with Crippen molar-refractivity contribution in [2.45, 2.75) is 38.5 Å². The summed E-state index contributed by atoms with van der Waals surface area (Å²) in [7, 11) is 1.90. The summed E-state index contributed by atoms with van der Waals surface area (Å²) in [6.07, 6.45) is 5.78. The minimum atomic E-state index is 0. The zero-order valence-corrected chi connectivity index (χ0v) is 16.8. The largest absolute Gasteiger partial charge is 0.361 e. The highest BCUT2D eigenvalue weighted by atomic mass is 35.5. The van der Waals surface area contributed by atoms with Crippen LogP contribution >= 0.6 is 12.4 Å². The third-order valence-electron chi connectivity index (χ3n) is 5.20. The lowest BCUT2D eigenvalue weighted by Crippen LogP contribution is -2.31. The van der Waals surface area contributed by atoms with Crippen LogP contribution in [0.25, 0.3) is 11.3 Å². The first-order valence-corrected chi connectivity index (χ1v) is 9.68. The zero-order chi connectivity index (χ0) is 18.2. The monoisotopic (exact) mass is 391 g/mol. The molecule has 6 heteroatoms. The molecule has 1 saturated heterocycles. The lowest BCUT2D eigenvalue weighted by Gasteiger charge is -2.23. The topological polar surface area (TPSA) is 58.4 Å². The molecule has 2 aromatic rings. The summed E-state index contributed by atoms with van der Waals surface area (Å²) in [4.78, 5) is 14.1. The Bertz CT molecular complexity index is 684. The van der Waals surface area contributed by atoms with Crippen LogP contribution in [-0.4, -0.2) is 42.6 Å². The molecule has 148 valence electrons. The fraction of sp³-hybridized carbons (Fsp3) is 0.524. The summed E-state index contributed by atoms with van der Waals surface area (Å²) in [6, 6.07) is 12.0. The Morgan fingerprint density at radius 2 is 2.00 bits per heavy atom. The summed E-state index contributed by atoms with van der Waals surface area (Å²) in [6.45, 7) is 2.94. The van der Waals surface area contributed by atoms with Crippen LogP contribution in [-0.2, 0) is 11.2 Å². The van der Waals surface area contributed by atoms with Gasteiger partial charge in [-0.1, -0.05) is 35.5 Å². The van der Waals surface area contributed by atoms with Gasteiger partial charge in [-0.25, -0.2) is 0 Å². The van der Waals surface area contributed by atoms with Gasteiger partial charge in [0.05, 0.1) is 0 Å². The Kier molecular flexibility index (Phi) is 8.82. The Morgan fingerprint density at radius 1 is 1.26 bits per heavy atom. The molecule has 0 saturated carbocycles. The van der Waals surface area contributed by atoms with Crippen molar-refractivity contribution in [1.29, 1.82) is 0 Å². The highest BCUT2D eigenvalue weighted by Gasteiger charge is 2.16. The fourth-order valence-corrected chi connectivity index (χ4v) is 3.48. The van der Waals surface area contributed by atoms with Crippen molar-refractivity contribution in [3.05, 3.63) is 42.2 Å². The highest BCUT2D eigenvalue weighted by molar-refractivity contribution is 5.85. The number of rotatable bonds is 8. The quantitative estimate of drug-likeness (QED) is 0.740. The molecule has 1 aromatic carbocycles. The molecule has 2 heterocycles. The first-order valence-electron chi connectivity index (χ1n) is 9.68. The van der Waals surface area contributed by atoms with E-state index in [1.165, 1.54) is 12.8 Å². The van der Waals surface area contributed by atoms with Crippen molar-refractivity contribution >= 4 is 18.3 Å². The molecule has 1 aliphatic heterocycles. The Hall–Kier alpha value is -1.85.